The highest BCUT2D eigenvalue weighted by molar-refractivity contribution is 5.90. The molecule has 36 heavy (non-hydrogen) atoms. The number of aryl methyl sites for hydroxylation is 1. The monoisotopic (exact) mass is 473 g/mol. The van der Waals surface area contributed by atoms with E-state index in [0.29, 0.717) is 45.3 Å². The van der Waals surface area contributed by atoms with E-state index < -0.39 is 0 Å². The molecular formula is C26H19N9O. The van der Waals surface area contributed by atoms with E-state index in [-0.39, 0.29) is 0 Å². The highest BCUT2D eigenvalue weighted by Crippen LogP contribution is 2.31. The van der Waals surface area contributed by atoms with Crippen LogP contribution in [0.5, 0.6) is 5.75 Å². The maximum absolute atomic E-state index is 9.80. The maximum Gasteiger partial charge on any atom is 0.168 e. The second kappa shape index (κ2) is 8.48. The summed E-state index contributed by atoms with van der Waals surface area (Å²) in [5.41, 5.74) is 3.57. The number of hydrogen-bond acceptors (Lipinski definition) is 8. The third kappa shape index (κ3) is 3.38. The van der Waals surface area contributed by atoms with Crippen LogP contribution < -0.4 is 10.1 Å². The van der Waals surface area contributed by atoms with Gasteiger partial charge in [-0.2, -0.15) is 20.1 Å². The van der Waals surface area contributed by atoms with E-state index >= 15 is 0 Å². The van der Waals surface area contributed by atoms with Crippen molar-refractivity contribution in [2.75, 3.05) is 12.4 Å². The number of pyridine rings is 1. The summed E-state index contributed by atoms with van der Waals surface area (Å²) in [5, 5.41) is 23.7. The van der Waals surface area contributed by atoms with Gasteiger partial charge in [-0.25, -0.2) is 19.6 Å². The van der Waals surface area contributed by atoms with E-state index in [1.807, 2.05) is 61.5 Å². The lowest BCUT2D eigenvalue weighted by Gasteiger charge is -2.13. The molecule has 4 heterocycles. The van der Waals surface area contributed by atoms with Crippen molar-refractivity contribution in [3.05, 3.63) is 84.4 Å². The van der Waals surface area contributed by atoms with Crippen molar-refractivity contribution < 1.29 is 4.74 Å². The molecule has 6 rings (SSSR count). The summed E-state index contributed by atoms with van der Waals surface area (Å²) >= 11 is 0. The Labute approximate surface area is 205 Å². The van der Waals surface area contributed by atoms with E-state index in [4.69, 9.17) is 9.72 Å². The van der Waals surface area contributed by atoms with Crippen LogP contribution in [0.2, 0.25) is 0 Å². The number of rotatable bonds is 5. The van der Waals surface area contributed by atoms with Crippen LogP contribution in [0, 0.1) is 18.3 Å². The minimum atomic E-state index is 0.344. The number of para-hydroxylation sites is 2. The zero-order valence-electron chi connectivity index (χ0n) is 19.4. The van der Waals surface area contributed by atoms with Crippen LogP contribution in [0.3, 0.4) is 0 Å². The van der Waals surface area contributed by atoms with Crippen LogP contribution >= 0.6 is 0 Å². The molecule has 0 bridgehead atoms. The number of nitrogens with one attached hydrogen (secondary N) is 1. The molecule has 6 aromatic rings. The van der Waals surface area contributed by atoms with Crippen molar-refractivity contribution in [2.24, 2.45) is 0 Å². The Balaban J connectivity index is 1.48. The quantitative estimate of drug-likeness (QED) is 0.389. The third-order valence-electron chi connectivity index (χ3n) is 5.93. The first-order valence-electron chi connectivity index (χ1n) is 11.1. The second-order valence-corrected chi connectivity index (χ2v) is 8.06. The van der Waals surface area contributed by atoms with Gasteiger partial charge < -0.3 is 10.1 Å². The van der Waals surface area contributed by atoms with Crippen LogP contribution in [0.4, 0.5) is 11.6 Å². The van der Waals surface area contributed by atoms with Crippen LogP contribution in [0.25, 0.3) is 33.4 Å². The van der Waals surface area contributed by atoms with Gasteiger partial charge in [0.05, 0.1) is 30.6 Å². The SMILES string of the molecule is COc1cccc2c(C)cc(-n3ncc(C#N)c3Nc3ncnc4c3cnn4-c3ccccc3)nc12. The highest BCUT2D eigenvalue weighted by atomic mass is 16.5. The van der Waals surface area contributed by atoms with E-state index in [2.05, 4.69) is 31.6 Å². The zero-order chi connectivity index (χ0) is 24.6. The van der Waals surface area contributed by atoms with E-state index in [0.717, 1.165) is 16.6 Å². The highest BCUT2D eigenvalue weighted by Gasteiger charge is 2.19. The predicted molar refractivity (Wildman–Crippen MR) is 135 cm³/mol. The lowest BCUT2D eigenvalue weighted by Crippen LogP contribution is -2.07. The van der Waals surface area contributed by atoms with Gasteiger partial charge in [-0.05, 0) is 36.8 Å². The molecule has 10 nitrogen and oxygen atoms in total. The van der Waals surface area contributed by atoms with Crippen LogP contribution in [-0.4, -0.2) is 41.6 Å². The van der Waals surface area contributed by atoms with Crippen molar-refractivity contribution in [1.29, 1.82) is 5.26 Å². The molecule has 0 atom stereocenters. The maximum atomic E-state index is 9.80. The summed E-state index contributed by atoms with van der Waals surface area (Å²) < 4.78 is 8.86. The number of hydrogen-bond donors (Lipinski definition) is 1. The van der Waals surface area contributed by atoms with Gasteiger partial charge >= 0.3 is 0 Å². The number of fused-ring (bicyclic) bond motifs is 2. The first-order chi connectivity index (χ1) is 17.7. The standard InChI is InChI=1S/C26H19N9O/c1-16-11-22(32-23-19(16)9-6-10-21(23)36-2)35-25(17(12-27)13-30-35)33-24-20-14-31-34(26(20)29-15-28-24)18-7-4-3-5-8-18/h3-11,13-15H,1-2H3,(H,28,29,33). The fraction of sp³-hybridized carbons (Fsp3) is 0.0769. The molecule has 1 N–H and O–H groups in total. The van der Waals surface area contributed by atoms with E-state index in [1.165, 1.54) is 12.5 Å². The molecule has 2 aromatic carbocycles. The van der Waals surface area contributed by atoms with Crippen LogP contribution in [0.1, 0.15) is 11.1 Å². The number of benzene rings is 2. The zero-order valence-corrected chi connectivity index (χ0v) is 19.4. The molecule has 0 radical (unpaired) electrons. The molecule has 0 aliphatic heterocycles. The Hall–Kier alpha value is -5.30. The summed E-state index contributed by atoms with van der Waals surface area (Å²) in [4.78, 5) is 13.7. The van der Waals surface area contributed by atoms with Gasteiger partial charge in [0.1, 0.15) is 35.0 Å². The lowest BCUT2D eigenvalue weighted by atomic mass is 10.1. The Morgan fingerprint density at radius 2 is 1.78 bits per heavy atom. The Bertz CT molecular complexity index is 1780. The van der Waals surface area contributed by atoms with Crippen LogP contribution in [-0.2, 0) is 0 Å². The van der Waals surface area contributed by atoms with Crippen molar-refractivity contribution in [2.45, 2.75) is 6.92 Å². The number of nitriles is 1. The summed E-state index contributed by atoms with van der Waals surface area (Å²) in [6.45, 7) is 2.00. The van der Waals surface area contributed by atoms with E-state index in [9.17, 15) is 5.26 Å². The number of nitrogens with zero attached hydrogens (tertiary/aromatic N) is 8. The number of aromatic nitrogens is 7. The summed E-state index contributed by atoms with van der Waals surface area (Å²) in [7, 11) is 1.61. The normalized spacial score (nSPS) is 11.0. The fourth-order valence-corrected chi connectivity index (χ4v) is 4.19. The average Bonchev–Trinajstić information content (AvgIpc) is 3.53. The molecule has 0 aliphatic carbocycles. The van der Waals surface area contributed by atoms with Crippen molar-refractivity contribution in [3.63, 3.8) is 0 Å². The molecule has 0 unspecified atom stereocenters. The number of methoxy groups -OCH3 is 1. The predicted octanol–water partition coefficient (Wildman–Crippen LogP) is 4.48. The fourth-order valence-electron chi connectivity index (χ4n) is 4.19. The van der Waals surface area contributed by atoms with Gasteiger partial charge in [-0.3, -0.25) is 0 Å². The molecule has 0 saturated carbocycles. The van der Waals surface area contributed by atoms with Gasteiger partial charge in [0.2, 0.25) is 0 Å². The van der Waals surface area contributed by atoms with Crippen molar-refractivity contribution >= 4 is 33.6 Å². The van der Waals surface area contributed by atoms with Gasteiger partial charge in [-0.1, -0.05) is 30.3 Å². The number of anilines is 2. The molecule has 4 aromatic heterocycles. The molecule has 0 aliphatic rings. The first kappa shape index (κ1) is 21.2. The molecule has 0 saturated heterocycles. The minimum Gasteiger partial charge on any atom is -0.494 e. The van der Waals surface area contributed by atoms with Gasteiger partial charge in [0.25, 0.3) is 0 Å². The third-order valence-corrected chi connectivity index (χ3v) is 5.93. The molecule has 0 fully saturated rings. The average molecular weight is 474 g/mol. The first-order valence-corrected chi connectivity index (χ1v) is 11.1. The topological polar surface area (TPSA) is 119 Å². The lowest BCUT2D eigenvalue weighted by molar-refractivity contribution is 0.419. The van der Waals surface area contributed by atoms with Crippen molar-refractivity contribution in [1.82, 2.24) is 34.5 Å². The molecule has 174 valence electrons. The Morgan fingerprint density at radius 3 is 2.58 bits per heavy atom. The summed E-state index contributed by atoms with van der Waals surface area (Å²) in [5.74, 6) is 2.13. The smallest absolute Gasteiger partial charge is 0.168 e. The summed E-state index contributed by atoms with van der Waals surface area (Å²) in [6.07, 6.45) is 4.65. The Morgan fingerprint density at radius 1 is 0.944 bits per heavy atom. The van der Waals surface area contributed by atoms with Crippen LogP contribution in [0.15, 0.2) is 73.3 Å². The minimum absolute atomic E-state index is 0.344. The molecule has 0 spiro atoms. The van der Waals surface area contributed by atoms with Crippen molar-refractivity contribution in [3.8, 4) is 23.3 Å². The summed E-state index contributed by atoms with van der Waals surface area (Å²) in [6, 6.07) is 19.6. The molecular weight excluding hydrogens is 454 g/mol. The molecule has 10 heteroatoms. The van der Waals surface area contributed by atoms with Gasteiger partial charge in [0, 0.05) is 5.39 Å². The second-order valence-electron chi connectivity index (χ2n) is 8.06. The largest absolute Gasteiger partial charge is 0.494 e. The molecule has 0 amide bonds. The van der Waals surface area contributed by atoms with Gasteiger partial charge in [0.15, 0.2) is 17.3 Å². The van der Waals surface area contributed by atoms with Gasteiger partial charge in [-0.15, -0.1) is 0 Å². The van der Waals surface area contributed by atoms with E-state index in [1.54, 1.807) is 22.7 Å². The Kier molecular flexibility index (Phi) is 5.01. The number of ether oxygens (including phenoxy) is 1.